The molecular formula is C21H28O4. The van der Waals surface area contributed by atoms with E-state index < -0.39 is 5.79 Å². The summed E-state index contributed by atoms with van der Waals surface area (Å²) in [5.74, 6) is 1.07. The van der Waals surface area contributed by atoms with Gasteiger partial charge >= 0.3 is 0 Å². The number of hydrogen-bond donors (Lipinski definition) is 0. The molecule has 136 valence electrons. The molecule has 0 bridgehead atoms. The summed E-state index contributed by atoms with van der Waals surface area (Å²) in [4.78, 5) is 25.3. The Morgan fingerprint density at radius 1 is 1.04 bits per heavy atom. The molecule has 0 aromatic heterocycles. The van der Waals surface area contributed by atoms with E-state index in [0.29, 0.717) is 43.7 Å². The summed E-state index contributed by atoms with van der Waals surface area (Å²) in [6.07, 6.45) is 7.87. The lowest BCUT2D eigenvalue weighted by Gasteiger charge is -2.57. The predicted molar refractivity (Wildman–Crippen MR) is 91.7 cm³/mol. The van der Waals surface area contributed by atoms with Crippen LogP contribution in [0.5, 0.6) is 0 Å². The third-order valence-electron chi connectivity index (χ3n) is 8.45. The van der Waals surface area contributed by atoms with E-state index in [1.807, 2.05) is 6.08 Å². The minimum Gasteiger partial charge on any atom is -0.347 e. The largest absolute Gasteiger partial charge is 0.347 e. The molecule has 3 saturated carbocycles. The van der Waals surface area contributed by atoms with E-state index in [9.17, 15) is 9.59 Å². The average molecular weight is 344 g/mol. The van der Waals surface area contributed by atoms with Crippen LogP contribution in [0.25, 0.3) is 0 Å². The molecule has 1 spiro atoms. The van der Waals surface area contributed by atoms with Crippen LogP contribution in [0.1, 0.15) is 58.8 Å². The number of allylic oxidation sites excluding steroid dienone is 1. The van der Waals surface area contributed by atoms with Gasteiger partial charge in [-0.3, -0.25) is 9.59 Å². The molecule has 4 nitrogen and oxygen atoms in total. The van der Waals surface area contributed by atoms with Crippen LogP contribution in [0.4, 0.5) is 0 Å². The van der Waals surface area contributed by atoms with Crippen molar-refractivity contribution in [3.05, 3.63) is 11.6 Å². The summed E-state index contributed by atoms with van der Waals surface area (Å²) < 4.78 is 12.2. The van der Waals surface area contributed by atoms with Crippen LogP contribution in [0.3, 0.4) is 0 Å². The molecule has 1 saturated heterocycles. The second-order valence-electron chi connectivity index (χ2n) is 9.39. The molecule has 4 heteroatoms. The number of hydrogen-bond acceptors (Lipinski definition) is 4. The molecule has 0 unspecified atom stereocenters. The van der Waals surface area contributed by atoms with Crippen molar-refractivity contribution in [3.63, 3.8) is 0 Å². The minimum absolute atomic E-state index is 0.0789. The Bertz CT molecular complexity index is 673. The molecule has 0 aromatic rings. The van der Waals surface area contributed by atoms with Gasteiger partial charge in [-0.2, -0.15) is 0 Å². The van der Waals surface area contributed by atoms with Crippen molar-refractivity contribution in [3.8, 4) is 0 Å². The van der Waals surface area contributed by atoms with Gasteiger partial charge in [0.25, 0.3) is 0 Å². The number of ether oxygens (including phenoxy) is 2. The first-order valence-corrected chi connectivity index (χ1v) is 9.94. The zero-order valence-corrected chi connectivity index (χ0v) is 15.3. The van der Waals surface area contributed by atoms with E-state index in [4.69, 9.17) is 9.47 Å². The van der Waals surface area contributed by atoms with Crippen molar-refractivity contribution in [2.75, 3.05) is 13.2 Å². The zero-order valence-electron chi connectivity index (χ0n) is 15.3. The van der Waals surface area contributed by atoms with Crippen LogP contribution in [0.2, 0.25) is 0 Å². The Hall–Kier alpha value is -1.00. The van der Waals surface area contributed by atoms with Crippen molar-refractivity contribution < 1.29 is 19.1 Å². The van der Waals surface area contributed by atoms with Gasteiger partial charge in [-0.15, -0.1) is 0 Å². The van der Waals surface area contributed by atoms with Crippen LogP contribution < -0.4 is 0 Å². The van der Waals surface area contributed by atoms with E-state index in [2.05, 4.69) is 13.8 Å². The summed E-state index contributed by atoms with van der Waals surface area (Å²) >= 11 is 0. The van der Waals surface area contributed by atoms with E-state index in [1.165, 1.54) is 5.57 Å². The van der Waals surface area contributed by atoms with Crippen LogP contribution in [0.15, 0.2) is 11.6 Å². The molecule has 25 heavy (non-hydrogen) atoms. The lowest BCUT2D eigenvalue weighted by Crippen LogP contribution is -2.58. The maximum absolute atomic E-state index is 13.4. The molecule has 4 aliphatic carbocycles. The molecule has 0 aromatic carbocycles. The Morgan fingerprint density at radius 3 is 2.56 bits per heavy atom. The van der Waals surface area contributed by atoms with Gasteiger partial charge in [-0.25, -0.2) is 0 Å². The van der Waals surface area contributed by atoms with Crippen molar-refractivity contribution in [1.82, 2.24) is 0 Å². The first kappa shape index (κ1) is 16.2. The SMILES string of the molecule is C[C@@]12CCC(=O)C=C1CC[C@H]1[C@H]2C(=O)C[C@]2(C)[C@@H]1CCC21OCCO1. The first-order valence-electron chi connectivity index (χ1n) is 9.94. The Balaban J connectivity index is 1.55. The van der Waals surface area contributed by atoms with Crippen LogP contribution >= 0.6 is 0 Å². The Kier molecular flexibility index (Phi) is 3.26. The quantitative estimate of drug-likeness (QED) is 0.675. The highest BCUT2D eigenvalue weighted by molar-refractivity contribution is 5.93. The molecule has 5 rings (SSSR count). The zero-order chi connectivity index (χ0) is 17.4. The molecule has 0 N–H and O–H groups in total. The molecule has 5 atom stereocenters. The van der Waals surface area contributed by atoms with Gasteiger partial charge in [0.1, 0.15) is 5.78 Å². The van der Waals surface area contributed by atoms with Crippen LogP contribution in [-0.4, -0.2) is 30.6 Å². The van der Waals surface area contributed by atoms with Crippen LogP contribution in [0, 0.1) is 28.6 Å². The van der Waals surface area contributed by atoms with E-state index in [1.54, 1.807) is 0 Å². The highest BCUT2D eigenvalue weighted by Crippen LogP contribution is 2.67. The average Bonchev–Trinajstić information content (AvgIpc) is 3.15. The lowest BCUT2D eigenvalue weighted by molar-refractivity contribution is -0.239. The van der Waals surface area contributed by atoms with Gasteiger partial charge in [0.05, 0.1) is 13.2 Å². The van der Waals surface area contributed by atoms with Crippen molar-refractivity contribution in [1.29, 1.82) is 0 Å². The molecule has 0 radical (unpaired) electrons. The fourth-order valence-electron chi connectivity index (χ4n) is 7.26. The molecule has 5 aliphatic rings. The number of fused-ring (bicyclic) bond motifs is 6. The fourth-order valence-corrected chi connectivity index (χ4v) is 7.26. The molecule has 0 amide bonds. The molecule has 1 aliphatic heterocycles. The fraction of sp³-hybridized carbons (Fsp3) is 0.810. The second kappa shape index (κ2) is 5.04. The molecule has 1 heterocycles. The van der Waals surface area contributed by atoms with Gasteiger partial charge < -0.3 is 9.47 Å². The van der Waals surface area contributed by atoms with E-state index >= 15 is 0 Å². The minimum atomic E-state index is -0.530. The highest BCUT2D eigenvalue weighted by atomic mass is 16.7. The standard InChI is InChI=1S/C21H28O4/c1-19-7-5-14(22)11-13(19)3-4-15-16-6-8-21(24-9-10-25-21)20(16,2)12-17(23)18(15)19/h11,15-16,18H,3-10,12H2,1-2H3/t15-,16-,18+,19-,20-/m1/s1. The van der Waals surface area contributed by atoms with Gasteiger partial charge in [-0.1, -0.05) is 19.4 Å². The topological polar surface area (TPSA) is 52.6 Å². The normalized spacial score (nSPS) is 48.1. The number of rotatable bonds is 0. The summed E-state index contributed by atoms with van der Waals surface area (Å²) in [5.41, 5.74) is 0.940. The maximum Gasteiger partial charge on any atom is 0.174 e. The van der Waals surface area contributed by atoms with Gasteiger partial charge in [0, 0.05) is 30.6 Å². The first-order chi connectivity index (χ1) is 11.9. The maximum atomic E-state index is 13.4. The summed E-state index contributed by atoms with van der Waals surface area (Å²) in [6, 6.07) is 0. The van der Waals surface area contributed by atoms with Gasteiger partial charge in [0.15, 0.2) is 11.6 Å². The number of carbonyl (C=O) groups is 2. The van der Waals surface area contributed by atoms with Crippen LogP contribution in [-0.2, 0) is 19.1 Å². The predicted octanol–water partition coefficient (Wildman–Crippen LogP) is 3.44. The van der Waals surface area contributed by atoms with Gasteiger partial charge in [-0.05, 0) is 49.0 Å². The monoisotopic (exact) mass is 344 g/mol. The third kappa shape index (κ3) is 1.90. The van der Waals surface area contributed by atoms with Crippen molar-refractivity contribution in [2.45, 2.75) is 64.6 Å². The Labute approximate surface area is 149 Å². The second-order valence-corrected chi connectivity index (χ2v) is 9.39. The summed E-state index contributed by atoms with van der Waals surface area (Å²) in [7, 11) is 0. The highest BCUT2D eigenvalue weighted by Gasteiger charge is 2.69. The van der Waals surface area contributed by atoms with Gasteiger partial charge in [0.2, 0.25) is 0 Å². The van der Waals surface area contributed by atoms with Crippen molar-refractivity contribution >= 4 is 11.6 Å². The Morgan fingerprint density at radius 2 is 1.80 bits per heavy atom. The number of ketones is 2. The van der Waals surface area contributed by atoms with E-state index in [-0.39, 0.29) is 22.5 Å². The summed E-state index contributed by atoms with van der Waals surface area (Å²) in [6.45, 7) is 5.78. The van der Waals surface area contributed by atoms with Crippen molar-refractivity contribution in [2.24, 2.45) is 28.6 Å². The number of Topliss-reactive ketones (excluding diaryl/α,β-unsaturated/α-hetero) is 1. The molecule has 4 fully saturated rings. The number of carbonyl (C=O) groups excluding carboxylic acids is 2. The molecular weight excluding hydrogens is 316 g/mol. The smallest absolute Gasteiger partial charge is 0.174 e. The summed E-state index contributed by atoms with van der Waals surface area (Å²) in [5, 5.41) is 0. The third-order valence-corrected chi connectivity index (χ3v) is 8.45. The van der Waals surface area contributed by atoms with E-state index in [0.717, 1.165) is 32.1 Å². The lowest BCUT2D eigenvalue weighted by atomic mass is 9.46.